The van der Waals surface area contributed by atoms with Gasteiger partial charge >= 0.3 is 7.82 Å². The lowest BCUT2D eigenvalue weighted by atomic mass is 10.0. The highest BCUT2D eigenvalue weighted by atomic mass is 31.2. The van der Waals surface area contributed by atoms with Gasteiger partial charge in [-0.2, -0.15) is 0 Å². The zero-order chi connectivity index (χ0) is 23.6. The van der Waals surface area contributed by atoms with E-state index in [0.717, 1.165) is 30.0 Å². The summed E-state index contributed by atoms with van der Waals surface area (Å²) in [6.07, 6.45) is 20.8. The van der Waals surface area contributed by atoms with E-state index in [0.29, 0.717) is 5.75 Å². The molecule has 0 aliphatic rings. The molecule has 2 aromatic rings. The van der Waals surface area contributed by atoms with Gasteiger partial charge in [0.2, 0.25) is 0 Å². The molecule has 0 fully saturated rings. The Kier molecular flexibility index (Phi) is 14.5. The third-order valence-electron chi connectivity index (χ3n) is 6.22. The van der Waals surface area contributed by atoms with Gasteiger partial charge in [-0.1, -0.05) is 140 Å². The Hall–Kier alpha value is -1.35. The van der Waals surface area contributed by atoms with Gasteiger partial charge in [0.25, 0.3) is 0 Å². The third-order valence-corrected chi connectivity index (χ3v) is 7.15. The molecule has 0 heterocycles. The summed E-state index contributed by atoms with van der Waals surface area (Å²) in [5.41, 5.74) is 0. The Morgan fingerprint density at radius 2 is 1.15 bits per heavy atom. The Labute approximate surface area is 201 Å². The van der Waals surface area contributed by atoms with Crippen LogP contribution < -0.4 is 4.52 Å². The van der Waals surface area contributed by atoms with E-state index in [4.69, 9.17) is 9.05 Å². The molecule has 1 N–H and O–H groups in total. The Balaban J connectivity index is 1.42. The number of fused-ring (bicyclic) bond motifs is 1. The van der Waals surface area contributed by atoms with Gasteiger partial charge in [0.15, 0.2) is 0 Å². The molecule has 186 valence electrons. The molecular formula is C28H45O4P. The normalized spacial score (nSPS) is 13.3. The van der Waals surface area contributed by atoms with Crippen molar-refractivity contribution in [3.8, 4) is 5.75 Å². The molecule has 2 aromatic carbocycles. The second-order valence-electron chi connectivity index (χ2n) is 9.17. The highest BCUT2D eigenvalue weighted by Crippen LogP contribution is 2.45. The number of benzene rings is 2. The zero-order valence-electron chi connectivity index (χ0n) is 20.7. The van der Waals surface area contributed by atoms with Crippen LogP contribution in [0.3, 0.4) is 0 Å². The standard InChI is InChI=1S/C28H45O4P/c1-2-3-4-5-6-7-8-9-10-11-12-13-14-15-16-19-25-31-33(29,30)32-28-24-20-22-26-21-17-18-23-27(26)28/h17-18,20-24H,2-16,19,25H2,1H3,(H,29,30). The SMILES string of the molecule is CCCCCCCCCCCCCCCCCCOP(=O)(O)Oc1cccc2ccccc12. The van der Waals surface area contributed by atoms with Crippen molar-refractivity contribution < 1.29 is 18.5 Å². The summed E-state index contributed by atoms with van der Waals surface area (Å²) in [4.78, 5) is 10.1. The summed E-state index contributed by atoms with van der Waals surface area (Å²) in [6.45, 7) is 2.52. The molecule has 33 heavy (non-hydrogen) atoms. The summed E-state index contributed by atoms with van der Waals surface area (Å²) >= 11 is 0. The van der Waals surface area contributed by atoms with Crippen LogP contribution in [-0.4, -0.2) is 11.5 Å². The molecule has 0 saturated heterocycles. The lowest BCUT2D eigenvalue weighted by Gasteiger charge is -2.14. The number of rotatable bonds is 20. The maximum atomic E-state index is 12.3. The molecule has 0 aliphatic carbocycles. The van der Waals surface area contributed by atoms with Crippen LogP contribution >= 0.6 is 7.82 Å². The van der Waals surface area contributed by atoms with Gasteiger partial charge < -0.3 is 4.52 Å². The summed E-state index contributed by atoms with van der Waals surface area (Å²) in [7, 11) is -4.11. The fourth-order valence-corrected chi connectivity index (χ4v) is 5.08. The zero-order valence-corrected chi connectivity index (χ0v) is 21.6. The van der Waals surface area contributed by atoms with Crippen molar-refractivity contribution in [2.24, 2.45) is 0 Å². The largest absolute Gasteiger partial charge is 0.527 e. The average Bonchev–Trinajstić information content (AvgIpc) is 2.81. The molecule has 1 atom stereocenters. The van der Waals surface area contributed by atoms with Gasteiger partial charge in [-0.05, 0) is 17.9 Å². The van der Waals surface area contributed by atoms with E-state index in [1.165, 1.54) is 83.5 Å². The minimum Gasteiger partial charge on any atom is -0.403 e. The van der Waals surface area contributed by atoms with E-state index in [1.54, 1.807) is 6.07 Å². The Morgan fingerprint density at radius 1 is 0.667 bits per heavy atom. The molecule has 4 nitrogen and oxygen atoms in total. The molecule has 0 saturated carbocycles. The van der Waals surface area contributed by atoms with Crippen molar-refractivity contribution in [1.82, 2.24) is 0 Å². The first-order chi connectivity index (χ1) is 16.1. The number of hydrogen-bond donors (Lipinski definition) is 1. The van der Waals surface area contributed by atoms with Crippen molar-refractivity contribution in [2.75, 3.05) is 6.61 Å². The van der Waals surface area contributed by atoms with Gasteiger partial charge in [-0.25, -0.2) is 4.57 Å². The number of hydrogen-bond acceptors (Lipinski definition) is 3. The predicted molar refractivity (Wildman–Crippen MR) is 140 cm³/mol. The second kappa shape index (κ2) is 17.1. The lowest BCUT2D eigenvalue weighted by Crippen LogP contribution is -1.99. The first-order valence-corrected chi connectivity index (χ1v) is 14.8. The molecule has 0 bridgehead atoms. The van der Waals surface area contributed by atoms with Crippen LogP contribution in [0.2, 0.25) is 0 Å². The summed E-state index contributed by atoms with van der Waals surface area (Å²) in [5, 5.41) is 1.77. The van der Waals surface area contributed by atoms with E-state index in [2.05, 4.69) is 6.92 Å². The van der Waals surface area contributed by atoms with Gasteiger partial charge in [0, 0.05) is 5.39 Å². The highest BCUT2D eigenvalue weighted by Gasteiger charge is 2.23. The highest BCUT2D eigenvalue weighted by molar-refractivity contribution is 7.47. The third kappa shape index (κ3) is 12.6. The topological polar surface area (TPSA) is 55.8 Å². The van der Waals surface area contributed by atoms with E-state index < -0.39 is 7.82 Å². The lowest BCUT2D eigenvalue weighted by molar-refractivity contribution is 0.200. The van der Waals surface area contributed by atoms with Crippen LogP contribution in [0.25, 0.3) is 10.8 Å². The summed E-state index contributed by atoms with van der Waals surface area (Å²) in [6, 6.07) is 13.1. The molecule has 0 aliphatic heterocycles. The molecule has 5 heteroatoms. The smallest absolute Gasteiger partial charge is 0.403 e. The first-order valence-electron chi connectivity index (χ1n) is 13.3. The van der Waals surface area contributed by atoms with Crippen LogP contribution in [0.5, 0.6) is 5.75 Å². The number of phosphoric ester groups is 1. The monoisotopic (exact) mass is 476 g/mol. The maximum Gasteiger partial charge on any atom is 0.527 e. The molecule has 0 aromatic heterocycles. The van der Waals surface area contributed by atoms with Gasteiger partial charge in [-0.3, -0.25) is 9.42 Å². The number of unbranched alkanes of at least 4 members (excludes halogenated alkanes) is 15. The quantitative estimate of drug-likeness (QED) is 0.153. The Morgan fingerprint density at radius 3 is 1.73 bits per heavy atom. The van der Waals surface area contributed by atoms with Crippen LogP contribution in [0.15, 0.2) is 42.5 Å². The fraction of sp³-hybridized carbons (Fsp3) is 0.643. The fourth-order valence-electron chi connectivity index (χ4n) is 4.26. The minimum absolute atomic E-state index is 0.247. The van der Waals surface area contributed by atoms with Crippen molar-refractivity contribution in [1.29, 1.82) is 0 Å². The van der Waals surface area contributed by atoms with Gasteiger partial charge in [-0.15, -0.1) is 0 Å². The molecule has 0 amide bonds. The minimum atomic E-state index is -4.11. The van der Waals surface area contributed by atoms with Crippen molar-refractivity contribution in [3.63, 3.8) is 0 Å². The van der Waals surface area contributed by atoms with E-state index >= 15 is 0 Å². The van der Waals surface area contributed by atoms with Crippen LogP contribution in [-0.2, 0) is 9.09 Å². The van der Waals surface area contributed by atoms with Crippen LogP contribution in [0.4, 0.5) is 0 Å². The molecule has 0 spiro atoms. The Bertz CT molecular complexity index is 802. The van der Waals surface area contributed by atoms with Crippen molar-refractivity contribution in [3.05, 3.63) is 42.5 Å². The molecular weight excluding hydrogens is 431 g/mol. The van der Waals surface area contributed by atoms with Crippen molar-refractivity contribution >= 4 is 18.6 Å². The number of phosphoric acid groups is 1. The van der Waals surface area contributed by atoms with E-state index in [1.807, 2.05) is 36.4 Å². The summed E-state index contributed by atoms with van der Waals surface area (Å²) < 4.78 is 22.8. The maximum absolute atomic E-state index is 12.3. The average molecular weight is 477 g/mol. The van der Waals surface area contributed by atoms with E-state index in [-0.39, 0.29) is 6.61 Å². The van der Waals surface area contributed by atoms with Crippen LogP contribution in [0, 0.1) is 0 Å². The second-order valence-corrected chi connectivity index (χ2v) is 10.6. The van der Waals surface area contributed by atoms with E-state index in [9.17, 15) is 9.46 Å². The van der Waals surface area contributed by atoms with Gasteiger partial charge in [0.05, 0.1) is 6.61 Å². The van der Waals surface area contributed by atoms with Crippen LogP contribution in [0.1, 0.15) is 110 Å². The first kappa shape index (κ1) is 27.9. The van der Waals surface area contributed by atoms with Crippen molar-refractivity contribution in [2.45, 2.75) is 110 Å². The molecule has 1 unspecified atom stereocenters. The predicted octanol–water partition coefficient (Wildman–Crippen LogP) is 9.60. The van der Waals surface area contributed by atoms with Gasteiger partial charge in [0.1, 0.15) is 5.75 Å². The summed E-state index contributed by atoms with van der Waals surface area (Å²) in [5.74, 6) is 0.380. The molecule has 2 rings (SSSR count). The molecule has 0 radical (unpaired) electrons.